The van der Waals surface area contributed by atoms with Crippen molar-refractivity contribution in [3.8, 4) is 0 Å². The Morgan fingerprint density at radius 3 is 2.67 bits per heavy atom. The van der Waals surface area contributed by atoms with E-state index in [0.717, 1.165) is 24.5 Å². The first-order valence-electron chi connectivity index (χ1n) is 6.86. The van der Waals surface area contributed by atoms with Crippen molar-refractivity contribution >= 4 is 41.7 Å². The molecule has 0 aliphatic rings. The summed E-state index contributed by atoms with van der Waals surface area (Å²) in [5, 5.41) is 6.45. The van der Waals surface area contributed by atoms with Crippen LogP contribution in [-0.4, -0.2) is 31.6 Å². The van der Waals surface area contributed by atoms with E-state index in [1.165, 1.54) is 12.2 Å². The monoisotopic (exact) mass is 425 g/mol. The van der Waals surface area contributed by atoms with Gasteiger partial charge >= 0.3 is 0 Å². The second kappa shape index (κ2) is 12.1. The number of nitrogens with zero attached hydrogens (tertiary/aromatic N) is 1. The Morgan fingerprint density at radius 1 is 1.29 bits per heavy atom. The number of unbranched alkanes of at least 4 members (excludes halogenated alkanes) is 1. The topological polar surface area (TPSA) is 36.4 Å². The lowest BCUT2D eigenvalue weighted by Crippen LogP contribution is -2.37. The summed E-state index contributed by atoms with van der Waals surface area (Å²) in [6.45, 7) is 3.24. The summed E-state index contributed by atoms with van der Waals surface area (Å²) in [4.78, 5) is 4.16. The van der Waals surface area contributed by atoms with Crippen LogP contribution in [-0.2, 0) is 6.54 Å². The van der Waals surface area contributed by atoms with Gasteiger partial charge in [-0.3, -0.25) is 4.99 Å². The molecule has 0 aliphatic carbocycles. The zero-order valence-electron chi connectivity index (χ0n) is 12.9. The molecule has 21 heavy (non-hydrogen) atoms. The predicted molar refractivity (Wildman–Crippen MR) is 102 cm³/mol. The Morgan fingerprint density at radius 2 is 2.05 bits per heavy atom. The van der Waals surface area contributed by atoms with E-state index >= 15 is 0 Å². The number of thioether (sulfide) groups is 1. The fraction of sp³-hybridized carbons (Fsp3) is 0.533. The average Bonchev–Trinajstić information content (AvgIpc) is 2.45. The van der Waals surface area contributed by atoms with Gasteiger partial charge in [0.05, 0.1) is 0 Å². The van der Waals surface area contributed by atoms with E-state index in [1.807, 2.05) is 17.8 Å². The SMILES string of the molecule is CN=C(NCCCCSC)NCc1ccc(C)c(F)c1.I. The van der Waals surface area contributed by atoms with E-state index in [-0.39, 0.29) is 29.8 Å². The van der Waals surface area contributed by atoms with Gasteiger partial charge in [-0.25, -0.2) is 4.39 Å². The third kappa shape index (κ3) is 8.50. The fourth-order valence-corrected chi connectivity index (χ4v) is 2.22. The molecule has 0 saturated carbocycles. The van der Waals surface area contributed by atoms with E-state index in [1.54, 1.807) is 26.1 Å². The number of aryl methyl sites for hydroxylation is 1. The molecule has 0 amide bonds. The molecule has 0 spiro atoms. The van der Waals surface area contributed by atoms with Crippen molar-refractivity contribution in [2.24, 2.45) is 4.99 Å². The second-order valence-corrected chi connectivity index (χ2v) is 5.62. The lowest BCUT2D eigenvalue weighted by atomic mass is 10.1. The standard InChI is InChI=1S/C15H24FN3S.HI/c1-12-6-7-13(10-14(12)16)11-19-15(17-2)18-8-4-5-9-20-3;/h6-7,10H,4-5,8-9,11H2,1-3H3,(H2,17,18,19);1H. The maximum Gasteiger partial charge on any atom is 0.191 e. The van der Waals surface area contributed by atoms with Crippen molar-refractivity contribution in [1.29, 1.82) is 0 Å². The van der Waals surface area contributed by atoms with Gasteiger partial charge in [-0.2, -0.15) is 11.8 Å². The van der Waals surface area contributed by atoms with Crippen LogP contribution < -0.4 is 10.6 Å². The van der Waals surface area contributed by atoms with Gasteiger partial charge in [0.1, 0.15) is 5.82 Å². The van der Waals surface area contributed by atoms with Crippen molar-refractivity contribution in [1.82, 2.24) is 10.6 Å². The Bertz CT molecular complexity index is 441. The summed E-state index contributed by atoms with van der Waals surface area (Å²) >= 11 is 1.87. The number of halogens is 2. The Hall–Kier alpha value is -0.500. The molecule has 0 aromatic heterocycles. The van der Waals surface area contributed by atoms with Gasteiger partial charge < -0.3 is 10.6 Å². The van der Waals surface area contributed by atoms with E-state index in [4.69, 9.17) is 0 Å². The first kappa shape index (κ1) is 20.5. The molecule has 6 heteroatoms. The van der Waals surface area contributed by atoms with Crippen LogP contribution in [0.3, 0.4) is 0 Å². The molecule has 1 aromatic carbocycles. The molecule has 120 valence electrons. The Labute approximate surface area is 148 Å². The molecule has 3 nitrogen and oxygen atoms in total. The normalized spacial score (nSPS) is 11.0. The van der Waals surface area contributed by atoms with Crippen LogP contribution in [0.25, 0.3) is 0 Å². The molecule has 0 atom stereocenters. The minimum absolute atomic E-state index is 0. The van der Waals surface area contributed by atoms with Crippen molar-refractivity contribution in [3.63, 3.8) is 0 Å². The molecule has 0 fully saturated rings. The zero-order valence-corrected chi connectivity index (χ0v) is 16.1. The molecule has 0 unspecified atom stereocenters. The maximum atomic E-state index is 13.4. The maximum absolute atomic E-state index is 13.4. The van der Waals surface area contributed by atoms with Gasteiger partial charge in [0, 0.05) is 20.1 Å². The van der Waals surface area contributed by atoms with Crippen LogP contribution in [0.15, 0.2) is 23.2 Å². The highest BCUT2D eigenvalue weighted by Crippen LogP contribution is 2.08. The molecule has 1 rings (SSSR count). The molecular weight excluding hydrogens is 400 g/mol. The molecule has 2 N–H and O–H groups in total. The van der Waals surface area contributed by atoms with Gasteiger partial charge in [0.25, 0.3) is 0 Å². The third-order valence-corrected chi connectivity index (χ3v) is 3.68. The fourth-order valence-electron chi connectivity index (χ4n) is 1.73. The van der Waals surface area contributed by atoms with E-state index in [9.17, 15) is 4.39 Å². The van der Waals surface area contributed by atoms with Gasteiger partial charge in [-0.05, 0) is 49.0 Å². The summed E-state index contributed by atoms with van der Waals surface area (Å²) in [7, 11) is 1.74. The highest BCUT2D eigenvalue weighted by Gasteiger charge is 2.01. The largest absolute Gasteiger partial charge is 0.356 e. The minimum Gasteiger partial charge on any atom is -0.356 e. The molecular formula is C15H25FIN3S. The van der Waals surface area contributed by atoms with E-state index in [2.05, 4.69) is 21.9 Å². The van der Waals surface area contributed by atoms with Gasteiger partial charge in [0.15, 0.2) is 5.96 Å². The van der Waals surface area contributed by atoms with Crippen molar-refractivity contribution in [3.05, 3.63) is 35.1 Å². The number of aliphatic imine (C=N–C) groups is 1. The highest BCUT2D eigenvalue weighted by atomic mass is 127. The number of guanidine groups is 1. The summed E-state index contributed by atoms with van der Waals surface area (Å²) < 4.78 is 13.4. The summed E-state index contributed by atoms with van der Waals surface area (Å²) in [5.74, 6) is 1.79. The Balaban J connectivity index is 0.00000400. The number of hydrogen-bond donors (Lipinski definition) is 2. The average molecular weight is 425 g/mol. The van der Waals surface area contributed by atoms with Crippen LogP contribution >= 0.6 is 35.7 Å². The molecule has 0 saturated heterocycles. The minimum atomic E-state index is -0.163. The summed E-state index contributed by atoms with van der Waals surface area (Å²) in [6, 6.07) is 5.29. The highest BCUT2D eigenvalue weighted by molar-refractivity contribution is 14.0. The number of rotatable bonds is 7. The molecule has 0 heterocycles. The van der Waals surface area contributed by atoms with Gasteiger partial charge in [-0.15, -0.1) is 24.0 Å². The van der Waals surface area contributed by atoms with Crippen molar-refractivity contribution in [2.45, 2.75) is 26.3 Å². The molecule has 0 aliphatic heterocycles. The first-order valence-corrected chi connectivity index (χ1v) is 8.25. The quantitative estimate of drug-likeness (QED) is 0.304. The number of hydrogen-bond acceptors (Lipinski definition) is 2. The van der Waals surface area contributed by atoms with Crippen LogP contribution in [0.1, 0.15) is 24.0 Å². The summed E-state index contributed by atoms with van der Waals surface area (Å²) in [5.41, 5.74) is 1.59. The zero-order chi connectivity index (χ0) is 14.8. The van der Waals surface area contributed by atoms with Crippen molar-refractivity contribution < 1.29 is 4.39 Å². The van der Waals surface area contributed by atoms with Crippen LogP contribution in [0.2, 0.25) is 0 Å². The second-order valence-electron chi connectivity index (χ2n) is 4.64. The molecule has 0 bridgehead atoms. The smallest absolute Gasteiger partial charge is 0.191 e. The lowest BCUT2D eigenvalue weighted by Gasteiger charge is -2.12. The third-order valence-electron chi connectivity index (χ3n) is 2.99. The van der Waals surface area contributed by atoms with E-state index < -0.39 is 0 Å². The number of nitrogens with one attached hydrogen (secondary N) is 2. The van der Waals surface area contributed by atoms with E-state index in [0.29, 0.717) is 12.1 Å². The van der Waals surface area contributed by atoms with Crippen molar-refractivity contribution in [2.75, 3.05) is 25.6 Å². The van der Waals surface area contributed by atoms with Crippen LogP contribution in [0.5, 0.6) is 0 Å². The lowest BCUT2D eigenvalue weighted by molar-refractivity contribution is 0.615. The molecule has 0 radical (unpaired) electrons. The van der Waals surface area contributed by atoms with Crippen LogP contribution in [0, 0.1) is 12.7 Å². The first-order chi connectivity index (χ1) is 9.67. The van der Waals surface area contributed by atoms with Gasteiger partial charge in [-0.1, -0.05) is 12.1 Å². The Kier molecular flexibility index (Phi) is 11.8. The van der Waals surface area contributed by atoms with Crippen LogP contribution in [0.4, 0.5) is 4.39 Å². The number of benzene rings is 1. The van der Waals surface area contributed by atoms with Gasteiger partial charge in [0.2, 0.25) is 0 Å². The predicted octanol–water partition coefficient (Wildman–Crippen LogP) is 3.56. The summed E-state index contributed by atoms with van der Waals surface area (Å²) in [6.07, 6.45) is 4.45. The molecule has 1 aromatic rings.